The first-order chi connectivity index (χ1) is 6.77. The predicted octanol–water partition coefficient (Wildman–Crippen LogP) is 0.590. The van der Waals surface area contributed by atoms with Crippen LogP contribution in [0.5, 0.6) is 0 Å². The zero-order valence-corrected chi connectivity index (χ0v) is 8.23. The monoisotopic (exact) mass is 197 g/mol. The third-order valence-corrected chi connectivity index (χ3v) is 2.48. The molecule has 2 heterocycles. The first kappa shape index (κ1) is 9.61. The molecule has 5 heteroatoms. The Labute approximate surface area is 82.5 Å². The number of aliphatic hydroxyl groups excluding tert-OH is 1. The Morgan fingerprint density at radius 2 is 2.50 bits per heavy atom. The van der Waals surface area contributed by atoms with Crippen molar-refractivity contribution in [3.8, 4) is 0 Å². The Kier molecular flexibility index (Phi) is 2.79. The van der Waals surface area contributed by atoms with Crippen LogP contribution in [-0.2, 0) is 0 Å². The summed E-state index contributed by atoms with van der Waals surface area (Å²) in [6.45, 7) is 3.59. The fraction of sp³-hybridized carbons (Fsp3) is 0.778. The summed E-state index contributed by atoms with van der Waals surface area (Å²) in [5.74, 6) is 1.34. The molecule has 0 saturated carbocycles. The van der Waals surface area contributed by atoms with Crippen LogP contribution < -0.4 is 5.32 Å². The Hall–Kier alpha value is -0.940. The van der Waals surface area contributed by atoms with E-state index in [4.69, 9.17) is 4.52 Å². The van der Waals surface area contributed by atoms with Crippen molar-refractivity contribution in [1.82, 2.24) is 15.5 Å². The lowest BCUT2D eigenvalue weighted by atomic mass is 10.00. The quantitative estimate of drug-likeness (QED) is 0.726. The third-order valence-electron chi connectivity index (χ3n) is 2.48. The highest BCUT2D eigenvalue weighted by Crippen LogP contribution is 2.22. The molecular weight excluding hydrogens is 182 g/mol. The summed E-state index contributed by atoms with van der Waals surface area (Å²) < 4.78 is 5.10. The number of rotatable bonds is 2. The largest absolute Gasteiger partial charge is 0.385 e. The SMILES string of the molecule is CC(O)c1noc(C2CCCNC2)n1. The van der Waals surface area contributed by atoms with Crippen LogP contribution in [-0.4, -0.2) is 28.3 Å². The molecule has 1 saturated heterocycles. The van der Waals surface area contributed by atoms with Crippen LogP contribution in [0.2, 0.25) is 0 Å². The van der Waals surface area contributed by atoms with Gasteiger partial charge in [-0.15, -0.1) is 0 Å². The molecule has 5 nitrogen and oxygen atoms in total. The van der Waals surface area contributed by atoms with Crippen LogP contribution in [0.3, 0.4) is 0 Å². The van der Waals surface area contributed by atoms with Crippen molar-refractivity contribution in [2.45, 2.75) is 31.8 Å². The van der Waals surface area contributed by atoms with Crippen molar-refractivity contribution in [1.29, 1.82) is 0 Å². The van der Waals surface area contributed by atoms with Crippen LogP contribution in [0.1, 0.15) is 43.5 Å². The summed E-state index contributed by atoms with van der Waals surface area (Å²) in [5.41, 5.74) is 0. The molecule has 1 aliphatic rings. The molecule has 0 spiro atoms. The van der Waals surface area contributed by atoms with Crippen molar-refractivity contribution in [3.63, 3.8) is 0 Å². The zero-order chi connectivity index (χ0) is 9.97. The Morgan fingerprint density at radius 3 is 3.07 bits per heavy atom. The van der Waals surface area contributed by atoms with E-state index in [0.29, 0.717) is 17.6 Å². The van der Waals surface area contributed by atoms with Gasteiger partial charge >= 0.3 is 0 Å². The second kappa shape index (κ2) is 4.06. The lowest BCUT2D eigenvalue weighted by Gasteiger charge is -2.18. The Morgan fingerprint density at radius 1 is 1.64 bits per heavy atom. The van der Waals surface area contributed by atoms with E-state index in [1.807, 2.05) is 0 Å². The second-order valence-electron chi connectivity index (χ2n) is 3.71. The van der Waals surface area contributed by atoms with Gasteiger partial charge in [0.2, 0.25) is 5.89 Å². The highest BCUT2D eigenvalue weighted by molar-refractivity contribution is 4.97. The van der Waals surface area contributed by atoms with Crippen molar-refractivity contribution in [3.05, 3.63) is 11.7 Å². The van der Waals surface area contributed by atoms with E-state index >= 15 is 0 Å². The third kappa shape index (κ3) is 1.93. The van der Waals surface area contributed by atoms with Gasteiger partial charge in [0.1, 0.15) is 6.10 Å². The topological polar surface area (TPSA) is 71.2 Å². The normalized spacial score (nSPS) is 24.9. The molecule has 0 amide bonds. The van der Waals surface area contributed by atoms with Crippen molar-refractivity contribution in [2.24, 2.45) is 0 Å². The number of aliphatic hydroxyl groups is 1. The number of nitrogens with zero attached hydrogens (tertiary/aromatic N) is 2. The molecule has 2 atom stereocenters. The average molecular weight is 197 g/mol. The van der Waals surface area contributed by atoms with E-state index in [1.165, 1.54) is 0 Å². The molecule has 0 bridgehead atoms. The van der Waals surface area contributed by atoms with Gasteiger partial charge in [0.05, 0.1) is 5.92 Å². The van der Waals surface area contributed by atoms with Gasteiger partial charge in [0.25, 0.3) is 0 Å². The van der Waals surface area contributed by atoms with Gasteiger partial charge < -0.3 is 14.9 Å². The van der Waals surface area contributed by atoms with E-state index in [-0.39, 0.29) is 0 Å². The molecule has 1 aromatic rings. The van der Waals surface area contributed by atoms with Gasteiger partial charge in [-0.3, -0.25) is 0 Å². The minimum Gasteiger partial charge on any atom is -0.385 e. The van der Waals surface area contributed by atoms with Gasteiger partial charge in [-0.05, 0) is 26.3 Å². The van der Waals surface area contributed by atoms with Gasteiger partial charge in [-0.25, -0.2) is 0 Å². The summed E-state index contributed by atoms with van der Waals surface area (Å²) in [6.07, 6.45) is 1.56. The highest BCUT2D eigenvalue weighted by Gasteiger charge is 2.22. The van der Waals surface area contributed by atoms with Crippen molar-refractivity contribution >= 4 is 0 Å². The predicted molar refractivity (Wildman–Crippen MR) is 49.8 cm³/mol. The maximum Gasteiger partial charge on any atom is 0.231 e. The fourth-order valence-corrected chi connectivity index (χ4v) is 1.65. The number of piperidine rings is 1. The molecule has 1 fully saturated rings. The van der Waals surface area contributed by atoms with E-state index < -0.39 is 6.10 Å². The molecule has 2 N–H and O–H groups in total. The molecule has 1 aromatic heterocycles. The maximum absolute atomic E-state index is 9.23. The minimum absolute atomic E-state index is 0.309. The number of aromatic nitrogens is 2. The first-order valence-corrected chi connectivity index (χ1v) is 4.99. The Bertz CT molecular complexity index is 292. The number of nitrogens with one attached hydrogen (secondary N) is 1. The van der Waals surface area contributed by atoms with Crippen LogP contribution >= 0.6 is 0 Å². The number of hydrogen-bond donors (Lipinski definition) is 2. The Balaban J connectivity index is 2.07. The average Bonchev–Trinajstić information content (AvgIpc) is 2.68. The summed E-state index contributed by atoms with van der Waals surface area (Å²) in [7, 11) is 0. The van der Waals surface area contributed by atoms with Crippen molar-refractivity contribution in [2.75, 3.05) is 13.1 Å². The van der Waals surface area contributed by atoms with Gasteiger partial charge in [-0.1, -0.05) is 5.16 Å². The second-order valence-corrected chi connectivity index (χ2v) is 3.71. The van der Waals surface area contributed by atoms with E-state index in [9.17, 15) is 5.11 Å². The molecule has 78 valence electrons. The summed E-state index contributed by atoms with van der Waals surface area (Å²) in [5, 5.41) is 16.2. The molecule has 0 aromatic carbocycles. The van der Waals surface area contributed by atoms with E-state index in [1.54, 1.807) is 6.92 Å². The number of hydrogen-bond acceptors (Lipinski definition) is 5. The highest BCUT2D eigenvalue weighted by atomic mass is 16.5. The molecular formula is C9H15N3O2. The standard InChI is InChI=1S/C9H15N3O2/c1-6(13)8-11-9(14-12-8)7-3-2-4-10-5-7/h6-7,10,13H,2-5H2,1H3. The molecule has 14 heavy (non-hydrogen) atoms. The minimum atomic E-state index is -0.649. The van der Waals surface area contributed by atoms with Crippen LogP contribution in [0.15, 0.2) is 4.52 Å². The first-order valence-electron chi connectivity index (χ1n) is 4.99. The van der Waals surface area contributed by atoms with Gasteiger partial charge in [0.15, 0.2) is 5.82 Å². The van der Waals surface area contributed by atoms with E-state index in [2.05, 4.69) is 15.5 Å². The summed E-state index contributed by atoms with van der Waals surface area (Å²) in [6, 6.07) is 0. The smallest absolute Gasteiger partial charge is 0.231 e. The lowest BCUT2D eigenvalue weighted by Crippen LogP contribution is -2.28. The fourth-order valence-electron chi connectivity index (χ4n) is 1.65. The summed E-state index contributed by atoms with van der Waals surface area (Å²) >= 11 is 0. The van der Waals surface area contributed by atoms with E-state index in [0.717, 1.165) is 25.9 Å². The summed E-state index contributed by atoms with van der Waals surface area (Å²) in [4.78, 5) is 4.17. The molecule has 0 radical (unpaired) electrons. The van der Waals surface area contributed by atoms with Crippen LogP contribution in [0.4, 0.5) is 0 Å². The lowest BCUT2D eigenvalue weighted by molar-refractivity contribution is 0.184. The maximum atomic E-state index is 9.23. The molecule has 2 unspecified atom stereocenters. The zero-order valence-electron chi connectivity index (χ0n) is 8.23. The molecule has 2 rings (SSSR count). The molecule has 1 aliphatic heterocycles. The van der Waals surface area contributed by atoms with Gasteiger partial charge in [-0.2, -0.15) is 4.98 Å². The van der Waals surface area contributed by atoms with Crippen LogP contribution in [0.25, 0.3) is 0 Å². The van der Waals surface area contributed by atoms with Crippen LogP contribution in [0, 0.1) is 0 Å². The van der Waals surface area contributed by atoms with Crippen molar-refractivity contribution < 1.29 is 9.63 Å². The molecule has 0 aliphatic carbocycles. The van der Waals surface area contributed by atoms with Gasteiger partial charge in [0, 0.05) is 6.54 Å².